The van der Waals surface area contributed by atoms with Gasteiger partial charge in [-0.05, 0) is 26.2 Å². The summed E-state index contributed by atoms with van der Waals surface area (Å²) in [6, 6.07) is 0. The van der Waals surface area contributed by atoms with Crippen LogP contribution in [0.4, 0.5) is 0 Å². The molecule has 1 aliphatic rings. The number of hydrogen-bond acceptors (Lipinski definition) is 3. The van der Waals surface area contributed by atoms with E-state index in [-0.39, 0.29) is 24.0 Å². The quantitative estimate of drug-likeness (QED) is 0.277. The average molecular weight is 449 g/mol. The summed E-state index contributed by atoms with van der Waals surface area (Å²) >= 11 is 0. The number of nitrogens with one attached hydrogen (secondary N) is 2. The minimum absolute atomic E-state index is 0. The van der Waals surface area contributed by atoms with Crippen LogP contribution in [-0.4, -0.2) is 41.5 Å². The molecule has 0 unspecified atom stereocenters. The fourth-order valence-corrected chi connectivity index (χ4v) is 2.83. The van der Waals surface area contributed by atoms with Gasteiger partial charge < -0.3 is 15.4 Å². The van der Waals surface area contributed by atoms with Crippen molar-refractivity contribution < 1.29 is 4.74 Å². The molecule has 0 atom stereocenters. The lowest BCUT2D eigenvalue weighted by Crippen LogP contribution is -2.38. The van der Waals surface area contributed by atoms with Crippen molar-refractivity contribution >= 4 is 29.9 Å². The Hall–Kier alpha value is -0.830. The lowest BCUT2D eigenvalue weighted by Gasteiger charge is -2.22. The number of hydrogen-bond donors (Lipinski definition) is 2. The van der Waals surface area contributed by atoms with Crippen LogP contribution in [0.2, 0.25) is 0 Å². The molecular formula is C17H32IN5O. The molecule has 6 nitrogen and oxygen atoms in total. The van der Waals surface area contributed by atoms with Gasteiger partial charge >= 0.3 is 0 Å². The lowest BCUT2D eigenvalue weighted by atomic mass is 9.98. The van der Waals surface area contributed by atoms with E-state index in [0.717, 1.165) is 37.6 Å². The Morgan fingerprint density at radius 2 is 2.12 bits per heavy atom. The number of guanidine groups is 1. The summed E-state index contributed by atoms with van der Waals surface area (Å²) in [5.74, 6) is 0.856. The molecule has 7 heteroatoms. The van der Waals surface area contributed by atoms with Crippen LogP contribution in [0.25, 0.3) is 0 Å². The van der Waals surface area contributed by atoms with Crippen LogP contribution in [0.1, 0.15) is 51.0 Å². The first-order valence-corrected chi connectivity index (χ1v) is 8.89. The standard InChI is InChI=1S/C17H31N5O.HI/c1-3-18-17(20-12-15-13-21-22(2)14-15)19-10-7-11-23-16-8-5-4-6-9-16;/h13-14,16H,3-12H2,1-2H3,(H2,18,19,20);1H. The van der Waals surface area contributed by atoms with Crippen molar-refractivity contribution in [1.29, 1.82) is 0 Å². The lowest BCUT2D eigenvalue weighted by molar-refractivity contribution is 0.0277. The largest absolute Gasteiger partial charge is 0.378 e. The Balaban J connectivity index is 0.00000288. The SMILES string of the molecule is CCNC(=NCc1cnn(C)c1)NCCCOC1CCCCC1.I. The van der Waals surface area contributed by atoms with Gasteiger partial charge in [-0.15, -0.1) is 24.0 Å². The van der Waals surface area contributed by atoms with Crippen molar-refractivity contribution in [1.82, 2.24) is 20.4 Å². The highest BCUT2D eigenvalue weighted by Crippen LogP contribution is 2.20. The van der Waals surface area contributed by atoms with Crippen LogP contribution in [0, 0.1) is 0 Å². The Kier molecular flexibility index (Phi) is 11.1. The van der Waals surface area contributed by atoms with E-state index in [1.54, 1.807) is 4.68 Å². The number of rotatable bonds is 8. The molecule has 1 heterocycles. The van der Waals surface area contributed by atoms with Crippen LogP contribution < -0.4 is 10.6 Å². The Labute approximate surface area is 162 Å². The van der Waals surface area contributed by atoms with E-state index >= 15 is 0 Å². The highest BCUT2D eigenvalue weighted by Gasteiger charge is 2.12. The monoisotopic (exact) mass is 449 g/mol. The third kappa shape index (κ3) is 8.32. The summed E-state index contributed by atoms with van der Waals surface area (Å²) in [5, 5.41) is 10.8. The molecule has 1 aromatic rings. The molecule has 2 N–H and O–H groups in total. The average Bonchev–Trinajstić information content (AvgIpc) is 2.98. The summed E-state index contributed by atoms with van der Waals surface area (Å²) in [4.78, 5) is 4.58. The Bertz CT molecular complexity index is 471. The minimum atomic E-state index is 0. The number of aromatic nitrogens is 2. The van der Waals surface area contributed by atoms with E-state index in [0.29, 0.717) is 12.6 Å². The van der Waals surface area contributed by atoms with E-state index in [9.17, 15) is 0 Å². The van der Waals surface area contributed by atoms with Crippen molar-refractivity contribution in [2.75, 3.05) is 19.7 Å². The molecule has 1 aromatic heterocycles. The molecule has 0 aromatic carbocycles. The van der Waals surface area contributed by atoms with E-state index < -0.39 is 0 Å². The summed E-state index contributed by atoms with van der Waals surface area (Å²) in [6.45, 7) is 5.29. The zero-order valence-corrected chi connectivity index (χ0v) is 17.3. The van der Waals surface area contributed by atoms with E-state index in [1.807, 2.05) is 19.4 Å². The predicted octanol–water partition coefficient (Wildman–Crippen LogP) is 2.83. The van der Waals surface area contributed by atoms with Crippen molar-refractivity contribution in [2.24, 2.45) is 12.0 Å². The maximum Gasteiger partial charge on any atom is 0.191 e. The molecule has 0 amide bonds. The molecule has 0 bridgehead atoms. The molecule has 1 aliphatic carbocycles. The predicted molar refractivity (Wildman–Crippen MR) is 109 cm³/mol. The first-order valence-electron chi connectivity index (χ1n) is 8.89. The number of halogens is 1. The fourth-order valence-electron chi connectivity index (χ4n) is 2.83. The zero-order chi connectivity index (χ0) is 16.3. The molecule has 24 heavy (non-hydrogen) atoms. The molecule has 0 aliphatic heterocycles. The van der Waals surface area contributed by atoms with Gasteiger partial charge in [-0.3, -0.25) is 4.68 Å². The normalized spacial score (nSPS) is 15.8. The second-order valence-electron chi connectivity index (χ2n) is 6.13. The van der Waals surface area contributed by atoms with Gasteiger partial charge in [-0.2, -0.15) is 5.10 Å². The Morgan fingerprint density at radius 3 is 2.79 bits per heavy atom. The highest BCUT2D eigenvalue weighted by atomic mass is 127. The molecule has 0 radical (unpaired) electrons. The van der Waals surface area contributed by atoms with E-state index in [1.165, 1.54) is 32.1 Å². The highest BCUT2D eigenvalue weighted by molar-refractivity contribution is 14.0. The van der Waals surface area contributed by atoms with Gasteiger partial charge in [0.2, 0.25) is 0 Å². The van der Waals surface area contributed by atoms with Gasteiger partial charge in [0.25, 0.3) is 0 Å². The molecule has 1 fully saturated rings. The second-order valence-corrected chi connectivity index (χ2v) is 6.13. The van der Waals surface area contributed by atoms with Gasteiger partial charge in [0.05, 0.1) is 18.8 Å². The maximum atomic E-state index is 5.95. The summed E-state index contributed by atoms with van der Waals surface area (Å²) in [7, 11) is 1.92. The molecule has 0 spiro atoms. The van der Waals surface area contributed by atoms with Gasteiger partial charge in [-0.25, -0.2) is 4.99 Å². The second kappa shape index (κ2) is 12.5. The summed E-state index contributed by atoms with van der Waals surface area (Å²) < 4.78 is 7.74. The van der Waals surface area contributed by atoms with Crippen LogP contribution in [0.5, 0.6) is 0 Å². The molecule has 0 saturated heterocycles. The van der Waals surface area contributed by atoms with Crippen molar-refractivity contribution in [3.8, 4) is 0 Å². The zero-order valence-electron chi connectivity index (χ0n) is 15.0. The summed E-state index contributed by atoms with van der Waals surface area (Å²) in [6.07, 6.45) is 11.9. The minimum Gasteiger partial charge on any atom is -0.378 e. The topological polar surface area (TPSA) is 63.5 Å². The van der Waals surface area contributed by atoms with Crippen LogP contribution in [0.3, 0.4) is 0 Å². The molecule has 1 saturated carbocycles. The van der Waals surface area contributed by atoms with Crippen LogP contribution >= 0.6 is 24.0 Å². The summed E-state index contributed by atoms with van der Waals surface area (Å²) in [5.41, 5.74) is 1.12. The third-order valence-electron chi connectivity index (χ3n) is 4.04. The van der Waals surface area contributed by atoms with E-state index in [2.05, 4.69) is 27.6 Å². The van der Waals surface area contributed by atoms with E-state index in [4.69, 9.17) is 4.74 Å². The van der Waals surface area contributed by atoms with Crippen LogP contribution in [0.15, 0.2) is 17.4 Å². The third-order valence-corrected chi connectivity index (χ3v) is 4.04. The molecule has 2 rings (SSSR count). The van der Waals surface area contributed by atoms with Crippen molar-refractivity contribution in [3.05, 3.63) is 18.0 Å². The number of aryl methyl sites for hydroxylation is 1. The Morgan fingerprint density at radius 1 is 1.33 bits per heavy atom. The molecular weight excluding hydrogens is 417 g/mol. The van der Waals surface area contributed by atoms with Gasteiger partial charge in [0.1, 0.15) is 0 Å². The smallest absolute Gasteiger partial charge is 0.191 e. The van der Waals surface area contributed by atoms with Crippen molar-refractivity contribution in [2.45, 2.75) is 58.1 Å². The maximum absolute atomic E-state index is 5.95. The van der Waals surface area contributed by atoms with Crippen molar-refractivity contribution in [3.63, 3.8) is 0 Å². The fraction of sp³-hybridized carbons (Fsp3) is 0.765. The first kappa shape index (κ1) is 21.2. The van der Waals surface area contributed by atoms with Gasteiger partial charge in [-0.1, -0.05) is 19.3 Å². The van der Waals surface area contributed by atoms with Gasteiger partial charge in [0, 0.05) is 38.5 Å². The van der Waals surface area contributed by atoms with Crippen LogP contribution in [-0.2, 0) is 18.3 Å². The number of aliphatic imine (C=N–C) groups is 1. The molecule has 138 valence electrons. The number of ether oxygens (including phenoxy) is 1. The van der Waals surface area contributed by atoms with Gasteiger partial charge in [0.15, 0.2) is 5.96 Å². The number of nitrogens with zero attached hydrogens (tertiary/aromatic N) is 3. The first-order chi connectivity index (χ1) is 11.3.